The van der Waals surface area contributed by atoms with Gasteiger partial charge in [0.2, 0.25) is 5.95 Å². The summed E-state index contributed by atoms with van der Waals surface area (Å²) >= 11 is 0. The minimum absolute atomic E-state index is 0.202. The number of hydrogen-bond donors (Lipinski definition) is 4. The maximum Gasteiger partial charge on any atom is 0.208 e. The van der Waals surface area contributed by atoms with Crippen molar-refractivity contribution in [3.63, 3.8) is 0 Å². The molecule has 0 unspecified atom stereocenters. The maximum atomic E-state index is 9.26. The molecule has 11 heteroatoms. The van der Waals surface area contributed by atoms with Crippen LogP contribution >= 0.6 is 0 Å². The number of benzene rings is 1. The molecule has 0 radical (unpaired) electrons. The number of hydrogen-bond acceptors (Lipinski definition) is 10. The van der Waals surface area contributed by atoms with Gasteiger partial charge in [0.1, 0.15) is 17.8 Å². The molecule has 5 rings (SSSR count). The molecule has 0 bridgehead atoms. The molecule has 0 aliphatic carbocycles. The fraction of sp³-hybridized carbons (Fsp3) is 0.542. The number of aromatic amines is 1. The maximum absolute atomic E-state index is 9.26. The minimum Gasteiger partial charge on any atom is -0.494 e. The van der Waals surface area contributed by atoms with Crippen LogP contribution in [0.4, 0.5) is 23.1 Å². The highest BCUT2D eigenvalue weighted by Gasteiger charge is 2.21. The van der Waals surface area contributed by atoms with Gasteiger partial charge in [0.25, 0.3) is 0 Å². The third-order valence-corrected chi connectivity index (χ3v) is 6.65. The Balaban J connectivity index is 1.34. The number of β-amino-alcohol motifs (C(OH)–C–C–N with tert-alkyl or cyclic N) is 1. The van der Waals surface area contributed by atoms with Gasteiger partial charge in [0.05, 0.1) is 19.4 Å². The Bertz CT molecular complexity index is 1070. The predicted molar refractivity (Wildman–Crippen MR) is 135 cm³/mol. The van der Waals surface area contributed by atoms with E-state index in [1.165, 1.54) is 0 Å². The van der Waals surface area contributed by atoms with E-state index in [1.807, 2.05) is 6.07 Å². The lowest BCUT2D eigenvalue weighted by molar-refractivity contribution is 0.0904. The van der Waals surface area contributed by atoms with E-state index in [0.29, 0.717) is 23.6 Å². The number of aliphatic hydroxyl groups is 1. The summed E-state index contributed by atoms with van der Waals surface area (Å²) in [7, 11) is 1.68. The van der Waals surface area contributed by atoms with Crippen molar-refractivity contribution in [2.24, 2.45) is 0 Å². The molecule has 0 atom stereocenters. The van der Waals surface area contributed by atoms with Crippen LogP contribution in [0.2, 0.25) is 0 Å². The second-order valence-corrected chi connectivity index (χ2v) is 8.95. The number of methoxy groups -OCH3 is 1. The summed E-state index contributed by atoms with van der Waals surface area (Å²) in [6, 6.07) is 6.48. The molecule has 0 spiro atoms. The van der Waals surface area contributed by atoms with Crippen LogP contribution < -0.4 is 20.3 Å². The monoisotopic (exact) mass is 482 g/mol. The smallest absolute Gasteiger partial charge is 0.208 e. The van der Waals surface area contributed by atoms with Gasteiger partial charge in [-0.2, -0.15) is 4.98 Å². The molecule has 188 valence electrons. The van der Waals surface area contributed by atoms with E-state index in [4.69, 9.17) is 14.5 Å². The summed E-state index contributed by atoms with van der Waals surface area (Å²) in [6.45, 7) is 6.26. The zero-order valence-corrected chi connectivity index (χ0v) is 20.2. The van der Waals surface area contributed by atoms with Gasteiger partial charge in [-0.25, -0.2) is 9.97 Å². The van der Waals surface area contributed by atoms with E-state index >= 15 is 0 Å². The van der Waals surface area contributed by atoms with Gasteiger partial charge in [-0.15, -0.1) is 0 Å². The highest BCUT2D eigenvalue weighted by atomic mass is 16.5. The van der Waals surface area contributed by atoms with E-state index in [1.54, 1.807) is 13.4 Å². The number of aliphatic hydroxyl groups excluding tert-OH is 1. The quantitative estimate of drug-likeness (QED) is 0.380. The first-order valence-electron chi connectivity index (χ1n) is 12.3. The zero-order chi connectivity index (χ0) is 24.0. The van der Waals surface area contributed by atoms with Crippen LogP contribution in [-0.2, 0) is 4.74 Å². The molecule has 0 amide bonds. The Morgan fingerprint density at radius 3 is 2.89 bits per heavy atom. The number of nitrogens with zero attached hydrogens (tertiary/aromatic N) is 5. The Hall–Kier alpha value is -3.15. The van der Waals surface area contributed by atoms with Crippen LogP contribution in [0.15, 0.2) is 24.5 Å². The molecule has 0 aromatic heterocycles. The molecule has 2 saturated heterocycles. The summed E-state index contributed by atoms with van der Waals surface area (Å²) in [5, 5.41) is 16.2. The number of anilines is 4. The molecular weight excluding hydrogens is 448 g/mol. The third kappa shape index (κ3) is 5.58. The molecule has 1 aromatic carbocycles. The Morgan fingerprint density at radius 2 is 2.06 bits per heavy atom. The van der Waals surface area contributed by atoms with Crippen LogP contribution in [0.5, 0.6) is 5.75 Å². The first kappa shape index (κ1) is 23.6. The van der Waals surface area contributed by atoms with Gasteiger partial charge < -0.3 is 35.1 Å². The Kier molecular flexibility index (Phi) is 7.45. The number of rotatable bonds is 8. The predicted octanol–water partition coefficient (Wildman–Crippen LogP) is 2.15. The lowest BCUT2D eigenvalue weighted by Gasteiger charge is -2.25. The van der Waals surface area contributed by atoms with Crippen LogP contribution in [0.3, 0.4) is 0 Å². The van der Waals surface area contributed by atoms with Gasteiger partial charge in [-0.1, -0.05) is 0 Å². The number of H-pyrrole nitrogens is 1. The highest BCUT2D eigenvalue weighted by molar-refractivity contribution is 5.73. The number of fused-ring (bicyclic) bond motifs is 1. The highest BCUT2D eigenvalue weighted by Crippen LogP contribution is 2.33. The first-order chi connectivity index (χ1) is 17.2. The van der Waals surface area contributed by atoms with E-state index in [0.717, 1.165) is 88.0 Å². The van der Waals surface area contributed by atoms with E-state index < -0.39 is 0 Å². The van der Waals surface area contributed by atoms with Crippen molar-refractivity contribution in [1.29, 1.82) is 0 Å². The van der Waals surface area contributed by atoms with Gasteiger partial charge in [0.15, 0.2) is 11.6 Å². The second-order valence-electron chi connectivity index (χ2n) is 8.95. The zero-order valence-electron chi connectivity index (χ0n) is 20.2. The molecule has 0 saturated carbocycles. The summed E-state index contributed by atoms with van der Waals surface area (Å²) < 4.78 is 11.2. The lowest BCUT2D eigenvalue weighted by atomic mass is 10.1. The van der Waals surface area contributed by atoms with Crippen LogP contribution in [0, 0.1) is 0 Å². The normalized spacial score (nSPS) is 17.9. The van der Waals surface area contributed by atoms with Crippen molar-refractivity contribution >= 4 is 23.1 Å². The van der Waals surface area contributed by atoms with Gasteiger partial charge in [0, 0.05) is 57.2 Å². The summed E-state index contributed by atoms with van der Waals surface area (Å²) in [5.41, 5.74) is 2.66. The Morgan fingerprint density at radius 1 is 1.17 bits per heavy atom. The number of aromatic nitrogens is 4. The minimum atomic E-state index is 0.202. The van der Waals surface area contributed by atoms with Crippen molar-refractivity contribution in [2.45, 2.75) is 25.3 Å². The van der Waals surface area contributed by atoms with Crippen LogP contribution in [-0.4, -0.2) is 95.6 Å². The topological polar surface area (TPSA) is 124 Å². The van der Waals surface area contributed by atoms with Crippen molar-refractivity contribution < 1.29 is 14.6 Å². The molecule has 4 aliphatic rings. The van der Waals surface area contributed by atoms with Gasteiger partial charge in [-0.05, 0) is 37.9 Å². The number of ether oxygens (including phenoxy) is 2. The fourth-order valence-corrected chi connectivity index (χ4v) is 4.73. The van der Waals surface area contributed by atoms with Gasteiger partial charge in [-0.3, -0.25) is 4.90 Å². The molecule has 4 heterocycles. The van der Waals surface area contributed by atoms with Gasteiger partial charge >= 0.3 is 0 Å². The second kappa shape index (κ2) is 11.1. The molecule has 11 nitrogen and oxygen atoms in total. The first-order valence-corrected chi connectivity index (χ1v) is 12.3. The van der Waals surface area contributed by atoms with E-state index in [9.17, 15) is 5.11 Å². The van der Waals surface area contributed by atoms with Crippen molar-refractivity contribution in [3.05, 3.63) is 24.5 Å². The van der Waals surface area contributed by atoms with Crippen LogP contribution in [0.1, 0.15) is 19.3 Å². The van der Waals surface area contributed by atoms with E-state index in [2.05, 4.69) is 47.5 Å². The SMILES string of the molecule is COc1cc(N2CCCN(CCO)CC2)ccc1Nc1nc(NC2CCOCC2)c2ncnc-2[nH]1. The largest absolute Gasteiger partial charge is 0.494 e. The van der Waals surface area contributed by atoms with Crippen molar-refractivity contribution in [1.82, 2.24) is 24.8 Å². The molecule has 4 aliphatic heterocycles. The summed E-state index contributed by atoms with van der Waals surface area (Å²) in [6.07, 6.45) is 4.47. The fourth-order valence-electron chi connectivity index (χ4n) is 4.73. The lowest BCUT2D eigenvalue weighted by Crippen LogP contribution is -2.32. The average molecular weight is 483 g/mol. The van der Waals surface area contributed by atoms with E-state index in [-0.39, 0.29) is 6.61 Å². The van der Waals surface area contributed by atoms with Crippen LogP contribution in [0.25, 0.3) is 11.5 Å². The molecule has 1 aromatic rings. The van der Waals surface area contributed by atoms with Crippen molar-refractivity contribution in [3.8, 4) is 17.3 Å². The summed E-state index contributed by atoms with van der Waals surface area (Å²) in [5.74, 6) is 2.68. The average Bonchev–Trinajstić information content (AvgIpc) is 3.24. The Labute approximate surface area is 205 Å². The van der Waals surface area contributed by atoms with Crippen molar-refractivity contribution in [2.75, 3.05) is 75.2 Å². The molecule has 2 fully saturated rings. The molecule has 4 N–H and O–H groups in total. The number of nitrogens with one attached hydrogen (secondary N) is 3. The third-order valence-electron chi connectivity index (χ3n) is 6.65. The molecular formula is C24H34N8O3. The number of imidazole rings is 1. The molecule has 35 heavy (non-hydrogen) atoms. The summed E-state index contributed by atoms with van der Waals surface area (Å²) in [4.78, 5) is 21.4. The standard InChI is InChI=1S/C24H34N8O3/c1-34-20-15-18(32-8-2-7-31(9-10-32)11-12-33)3-4-19(20)28-24-29-22-21(25-16-26-22)23(30-24)27-17-5-13-35-14-6-17/h3-4,15-17,33H,2,5-14H2,1H3,(H3,25,26,27,28,29,30).